The van der Waals surface area contributed by atoms with Gasteiger partial charge in [0, 0.05) is 31.3 Å². The van der Waals surface area contributed by atoms with Crippen LogP contribution in [0.2, 0.25) is 0 Å². The number of nitrogens with one attached hydrogen (secondary N) is 3. The first kappa shape index (κ1) is 22.1. The molecular weight excluding hydrogens is 400 g/mol. The number of aromatic amines is 1. The van der Waals surface area contributed by atoms with Crippen molar-refractivity contribution in [3.63, 3.8) is 0 Å². The largest absolute Gasteiger partial charge is 0.370 e. The van der Waals surface area contributed by atoms with Crippen LogP contribution in [0.4, 0.5) is 0 Å². The van der Waals surface area contributed by atoms with Crippen LogP contribution in [-0.2, 0) is 10.5 Å². The fraction of sp³-hybridized carbons (Fsp3) is 0.524. The molecule has 0 atom stereocenters. The zero-order chi connectivity index (χ0) is 21.5. The van der Waals surface area contributed by atoms with Crippen LogP contribution in [-0.4, -0.2) is 51.6 Å². The number of hydrogen-bond acceptors (Lipinski definition) is 5. The number of guanidine groups is 1. The molecule has 30 heavy (non-hydrogen) atoms. The first-order valence-electron chi connectivity index (χ1n) is 10.4. The molecule has 1 aromatic carbocycles. The van der Waals surface area contributed by atoms with E-state index < -0.39 is 0 Å². The standard InChI is InChI=1S/C21H30N6O2S/c1-14-5-4-6-16-19(14)25-17(26-20(16)29)13-30-15-8-11-27(12-9-15)18(28)7-2-3-10-24-21(22)23/h4-6,15H,2-3,7-13H2,1H3,(H4,22,23,24)(H,25,26,29). The average molecular weight is 431 g/mol. The number of nitrogens with two attached hydrogens (primary N) is 1. The summed E-state index contributed by atoms with van der Waals surface area (Å²) in [6.45, 7) is 4.16. The third kappa shape index (κ3) is 5.98. The van der Waals surface area contributed by atoms with Gasteiger partial charge in [-0.25, -0.2) is 4.98 Å². The minimum atomic E-state index is -0.0850. The van der Waals surface area contributed by atoms with Crippen LogP contribution in [0.5, 0.6) is 0 Å². The van der Waals surface area contributed by atoms with E-state index in [-0.39, 0.29) is 17.4 Å². The summed E-state index contributed by atoms with van der Waals surface area (Å²) >= 11 is 1.80. The number of carbonyl (C=O) groups excluding carboxylic acids is 1. The Labute approximate surface area is 180 Å². The molecule has 0 bridgehead atoms. The van der Waals surface area contributed by atoms with Crippen LogP contribution in [0.3, 0.4) is 0 Å². The summed E-state index contributed by atoms with van der Waals surface area (Å²) in [6, 6.07) is 5.65. The molecule has 0 spiro atoms. The molecule has 5 N–H and O–H groups in total. The molecule has 1 aliphatic heterocycles. The molecule has 1 fully saturated rings. The summed E-state index contributed by atoms with van der Waals surface area (Å²) in [5.41, 5.74) is 6.94. The molecule has 0 aliphatic carbocycles. The number of piperidine rings is 1. The van der Waals surface area contributed by atoms with Gasteiger partial charge in [-0.15, -0.1) is 0 Å². The Balaban J connectivity index is 1.42. The number of aromatic nitrogens is 2. The SMILES string of the molecule is Cc1cccc2c(=O)[nH]c(CSC3CCN(C(=O)CCCCNC(=N)N)CC3)nc12. The number of aryl methyl sites for hydroxylation is 1. The van der Waals surface area contributed by atoms with Gasteiger partial charge in [0.1, 0.15) is 5.82 Å². The van der Waals surface area contributed by atoms with Gasteiger partial charge < -0.3 is 20.9 Å². The van der Waals surface area contributed by atoms with Crippen LogP contribution in [0, 0.1) is 12.3 Å². The Morgan fingerprint density at radius 1 is 1.37 bits per heavy atom. The van der Waals surface area contributed by atoms with E-state index in [0.29, 0.717) is 35.2 Å². The van der Waals surface area contributed by atoms with E-state index in [1.54, 1.807) is 17.8 Å². The van der Waals surface area contributed by atoms with E-state index in [2.05, 4.69) is 15.3 Å². The summed E-state index contributed by atoms with van der Waals surface area (Å²) in [5, 5.41) is 11.0. The van der Waals surface area contributed by atoms with Crippen LogP contribution >= 0.6 is 11.8 Å². The van der Waals surface area contributed by atoms with E-state index >= 15 is 0 Å². The predicted molar refractivity (Wildman–Crippen MR) is 122 cm³/mol. The highest BCUT2D eigenvalue weighted by Crippen LogP contribution is 2.26. The van der Waals surface area contributed by atoms with Gasteiger partial charge >= 0.3 is 0 Å². The lowest BCUT2D eigenvalue weighted by molar-refractivity contribution is -0.132. The van der Waals surface area contributed by atoms with Gasteiger partial charge in [-0.1, -0.05) is 12.1 Å². The minimum Gasteiger partial charge on any atom is -0.370 e. The van der Waals surface area contributed by atoms with Gasteiger partial charge in [0.25, 0.3) is 5.56 Å². The highest BCUT2D eigenvalue weighted by atomic mass is 32.2. The normalized spacial score (nSPS) is 14.8. The van der Waals surface area contributed by atoms with Crippen LogP contribution in [0.1, 0.15) is 43.5 Å². The molecular formula is C21H30N6O2S. The molecule has 1 aromatic heterocycles. The number of fused-ring (bicyclic) bond motifs is 1. The van der Waals surface area contributed by atoms with Gasteiger partial charge in [0.05, 0.1) is 16.7 Å². The molecule has 2 heterocycles. The van der Waals surface area contributed by atoms with Crippen molar-refractivity contribution < 1.29 is 4.79 Å². The van der Waals surface area contributed by atoms with E-state index in [4.69, 9.17) is 11.1 Å². The smallest absolute Gasteiger partial charge is 0.258 e. The number of likely N-dealkylation sites (tertiary alicyclic amines) is 1. The fourth-order valence-corrected chi connectivity index (χ4v) is 4.75. The predicted octanol–water partition coefficient (Wildman–Crippen LogP) is 2.11. The molecule has 1 aliphatic rings. The number of rotatable bonds is 8. The maximum Gasteiger partial charge on any atom is 0.258 e. The van der Waals surface area contributed by atoms with E-state index in [1.807, 2.05) is 24.0 Å². The van der Waals surface area contributed by atoms with Crippen molar-refractivity contribution in [1.82, 2.24) is 20.2 Å². The van der Waals surface area contributed by atoms with Gasteiger partial charge in [-0.3, -0.25) is 15.0 Å². The number of thioether (sulfide) groups is 1. The maximum atomic E-state index is 12.4. The molecule has 0 saturated carbocycles. The quantitative estimate of drug-likeness (QED) is 0.288. The van der Waals surface area contributed by atoms with Crippen molar-refractivity contribution in [1.29, 1.82) is 5.41 Å². The number of hydrogen-bond donors (Lipinski definition) is 4. The lowest BCUT2D eigenvalue weighted by atomic mass is 10.1. The molecule has 0 radical (unpaired) electrons. The molecule has 8 nitrogen and oxygen atoms in total. The molecule has 1 saturated heterocycles. The zero-order valence-corrected chi connectivity index (χ0v) is 18.2. The van der Waals surface area contributed by atoms with Crippen LogP contribution < -0.4 is 16.6 Å². The van der Waals surface area contributed by atoms with E-state index in [9.17, 15) is 9.59 Å². The van der Waals surface area contributed by atoms with Gasteiger partial charge in [-0.2, -0.15) is 11.8 Å². The molecule has 0 unspecified atom stereocenters. The van der Waals surface area contributed by atoms with E-state index in [0.717, 1.165) is 49.9 Å². The number of carbonyl (C=O) groups is 1. The first-order chi connectivity index (χ1) is 14.4. The van der Waals surface area contributed by atoms with Gasteiger partial charge in [-0.05, 0) is 44.2 Å². The number of nitrogens with zero attached hydrogens (tertiary/aromatic N) is 2. The van der Waals surface area contributed by atoms with Crippen molar-refractivity contribution in [2.24, 2.45) is 5.73 Å². The summed E-state index contributed by atoms with van der Waals surface area (Å²) in [6.07, 6.45) is 4.08. The summed E-state index contributed by atoms with van der Waals surface area (Å²) in [4.78, 5) is 34.2. The Morgan fingerprint density at radius 3 is 2.87 bits per heavy atom. The van der Waals surface area contributed by atoms with Crippen LogP contribution in [0.25, 0.3) is 10.9 Å². The topological polar surface area (TPSA) is 128 Å². The maximum absolute atomic E-state index is 12.4. The van der Waals surface area contributed by atoms with E-state index in [1.165, 1.54) is 0 Å². The lowest BCUT2D eigenvalue weighted by Gasteiger charge is -2.31. The van der Waals surface area contributed by atoms with Crippen molar-refractivity contribution in [2.75, 3.05) is 19.6 Å². The molecule has 1 amide bonds. The second-order valence-electron chi connectivity index (χ2n) is 7.67. The van der Waals surface area contributed by atoms with Crippen molar-refractivity contribution >= 4 is 34.5 Å². The second kappa shape index (κ2) is 10.5. The number of benzene rings is 1. The Hall–Kier alpha value is -2.55. The summed E-state index contributed by atoms with van der Waals surface area (Å²) in [5.74, 6) is 1.56. The third-order valence-electron chi connectivity index (χ3n) is 5.37. The monoisotopic (exact) mass is 430 g/mol. The number of unbranched alkanes of at least 4 members (excludes halogenated alkanes) is 1. The molecule has 162 valence electrons. The number of para-hydroxylation sites is 1. The number of amides is 1. The lowest BCUT2D eigenvalue weighted by Crippen LogP contribution is -2.39. The Morgan fingerprint density at radius 2 is 2.13 bits per heavy atom. The molecule has 3 rings (SSSR count). The highest BCUT2D eigenvalue weighted by molar-refractivity contribution is 7.99. The van der Waals surface area contributed by atoms with Gasteiger partial charge in [0.2, 0.25) is 5.91 Å². The minimum absolute atomic E-state index is 0.0287. The van der Waals surface area contributed by atoms with Crippen molar-refractivity contribution in [3.8, 4) is 0 Å². The van der Waals surface area contributed by atoms with Crippen molar-refractivity contribution in [3.05, 3.63) is 39.9 Å². The summed E-state index contributed by atoms with van der Waals surface area (Å²) < 4.78 is 0. The summed E-state index contributed by atoms with van der Waals surface area (Å²) in [7, 11) is 0. The Bertz CT molecular complexity index is 952. The molecule has 2 aromatic rings. The van der Waals surface area contributed by atoms with Crippen LogP contribution in [0.15, 0.2) is 23.0 Å². The zero-order valence-electron chi connectivity index (χ0n) is 17.4. The molecule has 9 heteroatoms. The van der Waals surface area contributed by atoms with Crippen molar-refractivity contribution in [2.45, 2.75) is 50.0 Å². The highest BCUT2D eigenvalue weighted by Gasteiger charge is 2.23. The Kier molecular flexibility index (Phi) is 7.73. The van der Waals surface area contributed by atoms with Gasteiger partial charge in [0.15, 0.2) is 5.96 Å². The fourth-order valence-electron chi connectivity index (χ4n) is 3.67. The average Bonchev–Trinajstić information content (AvgIpc) is 2.73. The second-order valence-corrected chi connectivity index (χ2v) is 8.96. The third-order valence-corrected chi connectivity index (χ3v) is 6.75. The first-order valence-corrected chi connectivity index (χ1v) is 11.4. The number of H-pyrrole nitrogens is 1.